The fourth-order valence-electron chi connectivity index (χ4n) is 4.45. The molecule has 1 amide bonds. The monoisotopic (exact) mass is 390 g/mol. The second-order valence-corrected chi connectivity index (χ2v) is 7.97. The number of hydrogen-bond donors (Lipinski definition) is 1. The van der Waals surface area contributed by atoms with E-state index in [0.29, 0.717) is 18.4 Å². The smallest absolute Gasteiger partial charge is 0.226 e. The summed E-state index contributed by atoms with van der Waals surface area (Å²) < 4.78 is 0. The molecule has 1 aliphatic carbocycles. The van der Waals surface area contributed by atoms with Gasteiger partial charge in [0.05, 0.1) is 0 Å². The molecule has 0 aromatic heterocycles. The Morgan fingerprint density at radius 1 is 1.03 bits per heavy atom. The van der Waals surface area contributed by atoms with Gasteiger partial charge >= 0.3 is 0 Å². The van der Waals surface area contributed by atoms with Crippen molar-refractivity contribution in [3.05, 3.63) is 77.4 Å². The van der Waals surface area contributed by atoms with Crippen LogP contribution in [0.25, 0.3) is 6.08 Å². The minimum absolute atomic E-state index is 0.250. The predicted molar refractivity (Wildman–Crippen MR) is 122 cm³/mol. The maximum Gasteiger partial charge on any atom is 0.226 e. The topological polar surface area (TPSA) is 32.3 Å². The summed E-state index contributed by atoms with van der Waals surface area (Å²) >= 11 is 0. The molecule has 1 fully saturated rings. The summed E-state index contributed by atoms with van der Waals surface area (Å²) in [6, 6.07) is 19.6. The van der Waals surface area contributed by atoms with E-state index in [0.717, 1.165) is 31.5 Å². The molecule has 0 atom stereocenters. The highest BCUT2D eigenvalue weighted by molar-refractivity contribution is 5.79. The molecule has 29 heavy (non-hydrogen) atoms. The van der Waals surface area contributed by atoms with Crippen LogP contribution in [0, 0.1) is 0 Å². The average molecular weight is 391 g/mol. The summed E-state index contributed by atoms with van der Waals surface area (Å²) in [5.74, 6) is 0.876. The zero-order valence-electron chi connectivity index (χ0n) is 17.8. The minimum Gasteiger partial charge on any atom is -0.340 e. The van der Waals surface area contributed by atoms with Gasteiger partial charge in [0, 0.05) is 25.6 Å². The van der Waals surface area contributed by atoms with Crippen LogP contribution >= 0.6 is 0 Å². The van der Waals surface area contributed by atoms with Gasteiger partial charge in [-0.05, 0) is 62.3 Å². The Labute approximate surface area is 175 Å². The first-order valence-electron chi connectivity index (χ1n) is 11.0. The molecule has 0 aliphatic heterocycles. The normalized spacial score (nSPS) is 19.4. The first-order chi connectivity index (χ1) is 14.2. The quantitative estimate of drug-likeness (QED) is 0.656. The van der Waals surface area contributed by atoms with Crippen molar-refractivity contribution in [1.82, 2.24) is 10.2 Å². The zero-order chi connectivity index (χ0) is 20.5. The van der Waals surface area contributed by atoms with Gasteiger partial charge in [-0.2, -0.15) is 0 Å². The van der Waals surface area contributed by atoms with Crippen LogP contribution in [0.2, 0.25) is 0 Å². The lowest BCUT2D eigenvalue weighted by Crippen LogP contribution is -2.41. The van der Waals surface area contributed by atoms with Crippen LogP contribution < -0.4 is 5.32 Å². The highest BCUT2D eigenvalue weighted by atomic mass is 16.2. The molecule has 3 heteroatoms. The summed E-state index contributed by atoms with van der Waals surface area (Å²) in [5.41, 5.74) is 3.92. The highest BCUT2D eigenvalue weighted by Crippen LogP contribution is 2.35. The van der Waals surface area contributed by atoms with Crippen LogP contribution in [0.3, 0.4) is 0 Å². The third-order valence-electron chi connectivity index (χ3n) is 6.03. The van der Waals surface area contributed by atoms with Crippen molar-refractivity contribution in [3.8, 4) is 0 Å². The van der Waals surface area contributed by atoms with Crippen molar-refractivity contribution in [2.45, 2.75) is 57.5 Å². The number of nitrogens with zero attached hydrogens (tertiary/aromatic N) is 1. The molecule has 154 valence electrons. The summed E-state index contributed by atoms with van der Waals surface area (Å²) in [7, 11) is 1.98. The summed E-state index contributed by atoms with van der Waals surface area (Å²) in [5, 5.41) is 3.20. The van der Waals surface area contributed by atoms with Crippen LogP contribution in [-0.4, -0.2) is 30.4 Å². The summed E-state index contributed by atoms with van der Waals surface area (Å²) in [6.45, 7) is 3.82. The number of carbonyl (C=O) groups excluding carboxylic acids is 1. The van der Waals surface area contributed by atoms with E-state index in [2.05, 4.69) is 53.5 Å². The Morgan fingerprint density at radius 3 is 2.34 bits per heavy atom. The zero-order valence-corrected chi connectivity index (χ0v) is 17.8. The van der Waals surface area contributed by atoms with Crippen molar-refractivity contribution in [2.24, 2.45) is 0 Å². The fourth-order valence-corrected chi connectivity index (χ4v) is 4.45. The van der Waals surface area contributed by atoms with Crippen LogP contribution in [0.4, 0.5) is 0 Å². The van der Waals surface area contributed by atoms with E-state index in [1.54, 1.807) is 0 Å². The van der Waals surface area contributed by atoms with Gasteiger partial charge in [0.1, 0.15) is 0 Å². The van der Waals surface area contributed by atoms with Gasteiger partial charge in [0.15, 0.2) is 0 Å². The second-order valence-electron chi connectivity index (χ2n) is 7.97. The molecule has 0 bridgehead atoms. The van der Waals surface area contributed by atoms with Crippen LogP contribution in [0.5, 0.6) is 0 Å². The second kappa shape index (κ2) is 11.0. The van der Waals surface area contributed by atoms with E-state index >= 15 is 0 Å². The molecule has 0 saturated heterocycles. The highest BCUT2D eigenvalue weighted by Gasteiger charge is 2.28. The standard InChI is InChI=1S/C26H34N2O/c1-3-28(26(29)11-7-10-21-8-5-4-6-9-21)25-18-16-24(17-19-25)23-14-12-22(13-15-23)20-27-2/h4-10,12-15,24-25,27H,3,11,16-20H2,1-2H3/t24-,25-. The molecule has 0 spiro atoms. The molecule has 3 rings (SSSR count). The van der Waals surface area contributed by atoms with Crippen LogP contribution in [0.1, 0.15) is 61.6 Å². The lowest BCUT2D eigenvalue weighted by molar-refractivity contribution is -0.133. The molecule has 1 saturated carbocycles. The summed E-state index contributed by atoms with van der Waals surface area (Å²) in [4.78, 5) is 14.9. The van der Waals surface area contributed by atoms with E-state index in [9.17, 15) is 4.79 Å². The molecule has 2 aromatic carbocycles. The van der Waals surface area contributed by atoms with Crippen molar-refractivity contribution in [2.75, 3.05) is 13.6 Å². The number of rotatable bonds is 8. The van der Waals surface area contributed by atoms with Gasteiger partial charge in [-0.1, -0.05) is 66.7 Å². The summed E-state index contributed by atoms with van der Waals surface area (Å²) in [6.07, 6.45) is 9.06. The third-order valence-corrected chi connectivity index (χ3v) is 6.03. The van der Waals surface area contributed by atoms with Gasteiger partial charge in [-0.25, -0.2) is 0 Å². The fraction of sp³-hybridized carbons (Fsp3) is 0.423. The van der Waals surface area contributed by atoms with E-state index in [1.165, 1.54) is 24.0 Å². The van der Waals surface area contributed by atoms with E-state index in [-0.39, 0.29) is 5.91 Å². The number of hydrogen-bond acceptors (Lipinski definition) is 2. The molecule has 1 N–H and O–H groups in total. The number of carbonyl (C=O) groups is 1. The molecule has 1 aliphatic rings. The maximum atomic E-state index is 12.8. The van der Waals surface area contributed by atoms with Crippen molar-refractivity contribution in [1.29, 1.82) is 0 Å². The molecule has 2 aromatic rings. The molecule has 0 heterocycles. The maximum absolute atomic E-state index is 12.8. The minimum atomic E-state index is 0.250. The Hall–Kier alpha value is -2.39. The van der Waals surface area contributed by atoms with Gasteiger partial charge in [-0.15, -0.1) is 0 Å². The molecular formula is C26H34N2O. The first-order valence-corrected chi connectivity index (χ1v) is 11.0. The Bertz CT molecular complexity index is 774. The van der Waals surface area contributed by atoms with Crippen LogP contribution in [0.15, 0.2) is 60.7 Å². The van der Waals surface area contributed by atoms with Gasteiger partial charge < -0.3 is 10.2 Å². The first kappa shape index (κ1) is 21.3. The molecule has 3 nitrogen and oxygen atoms in total. The number of amides is 1. The van der Waals surface area contributed by atoms with Gasteiger partial charge in [0.2, 0.25) is 5.91 Å². The van der Waals surface area contributed by atoms with E-state index < -0.39 is 0 Å². The Morgan fingerprint density at radius 2 is 1.72 bits per heavy atom. The predicted octanol–water partition coefficient (Wildman–Crippen LogP) is 5.38. The number of nitrogens with one attached hydrogen (secondary N) is 1. The van der Waals surface area contributed by atoms with Gasteiger partial charge in [-0.3, -0.25) is 4.79 Å². The molecular weight excluding hydrogens is 356 g/mol. The van der Waals surface area contributed by atoms with Crippen LogP contribution in [-0.2, 0) is 11.3 Å². The molecule has 0 unspecified atom stereocenters. The number of benzene rings is 2. The SMILES string of the molecule is CCN(C(=O)CC=Cc1ccccc1)[C@H]1CC[C@H](c2ccc(CNC)cc2)CC1. The van der Waals surface area contributed by atoms with Crippen molar-refractivity contribution < 1.29 is 4.79 Å². The Balaban J connectivity index is 1.51. The van der Waals surface area contributed by atoms with E-state index in [4.69, 9.17) is 0 Å². The average Bonchev–Trinajstić information content (AvgIpc) is 2.76. The van der Waals surface area contributed by atoms with E-state index in [1.807, 2.05) is 37.4 Å². The van der Waals surface area contributed by atoms with Gasteiger partial charge in [0.25, 0.3) is 0 Å². The lowest BCUT2D eigenvalue weighted by Gasteiger charge is -2.36. The lowest BCUT2D eigenvalue weighted by atomic mass is 9.81. The van der Waals surface area contributed by atoms with Crippen molar-refractivity contribution in [3.63, 3.8) is 0 Å². The molecule has 0 radical (unpaired) electrons. The largest absolute Gasteiger partial charge is 0.340 e. The Kier molecular flexibility index (Phi) is 8.06. The third kappa shape index (κ3) is 6.04. The van der Waals surface area contributed by atoms with Crippen molar-refractivity contribution >= 4 is 12.0 Å².